The molecule has 0 spiro atoms. The quantitative estimate of drug-likeness (QED) is 0.391. The van der Waals surface area contributed by atoms with Crippen molar-refractivity contribution in [2.24, 2.45) is 5.18 Å². The van der Waals surface area contributed by atoms with Gasteiger partial charge in [-0.3, -0.25) is 4.79 Å². The van der Waals surface area contributed by atoms with Gasteiger partial charge in [0.25, 0.3) is 5.91 Å². The van der Waals surface area contributed by atoms with E-state index in [1.165, 1.54) is 0 Å². The Morgan fingerprint density at radius 1 is 1.09 bits per heavy atom. The van der Waals surface area contributed by atoms with Crippen LogP contribution in [0.2, 0.25) is 0 Å². The number of benzene rings is 3. The molecule has 8 heteroatoms. The number of carbonyl (C=O) groups is 1. The number of fused-ring (bicyclic) bond motifs is 13. The van der Waals surface area contributed by atoms with Crippen LogP contribution in [-0.4, -0.2) is 32.3 Å². The van der Waals surface area contributed by atoms with Crippen LogP contribution in [0.4, 0.5) is 0 Å². The van der Waals surface area contributed by atoms with Crippen LogP contribution in [-0.2, 0) is 17.0 Å². The van der Waals surface area contributed by atoms with Crippen molar-refractivity contribution < 1.29 is 14.6 Å². The Balaban J connectivity index is 1.75. The van der Waals surface area contributed by atoms with Gasteiger partial charge in [0.15, 0.2) is 5.72 Å². The van der Waals surface area contributed by atoms with E-state index in [-0.39, 0.29) is 18.9 Å². The molecular formula is C26H20N4O4. The average Bonchev–Trinajstić information content (AvgIpc) is 3.51. The molecule has 34 heavy (non-hydrogen) atoms. The lowest BCUT2D eigenvalue weighted by Crippen LogP contribution is -2.52. The summed E-state index contributed by atoms with van der Waals surface area (Å²) in [5.74, 6) is -0.0696. The van der Waals surface area contributed by atoms with Gasteiger partial charge in [-0.05, 0) is 24.6 Å². The van der Waals surface area contributed by atoms with E-state index in [1.807, 2.05) is 55.5 Å². The fourth-order valence-electron chi connectivity index (χ4n) is 6.84. The first-order valence-corrected chi connectivity index (χ1v) is 11.5. The van der Waals surface area contributed by atoms with E-state index in [9.17, 15) is 14.8 Å². The molecule has 3 aliphatic rings. The van der Waals surface area contributed by atoms with Crippen LogP contribution in [0.5, 0.6) is 0 Å². The molecular weight excluding hydrogens is 432 g/mol. The molecule has 168 valence electrons. The normalized spacial score (nSPS) is 27.2. The van der Waals surface area contributed by atoms with Crippen LogP contribution in [0.25, 0.3) is 43.6 Å². The van der Waals surface area contributed by atoms with Crippen LogP contribution in [0.15, 0.2) is 53.7 Å². The maximum Gasteiger partial charge on any atom is 0.252 e. The average molecular weight is 452 g/mol. The predicted octanol–water partition coefficient (Wildman–Crippen LogP) is 4.25. The van der Waals surface area contributed by atoms with Gasteiger partial charge in [-0.1, -0.05) is 41.6 Å². The number of nitrogens with zero attached hydrogens (tertiary/aromatic N) is 3. The third kappa shape index (κ3) is 1.79. The summed E-state index contributed by atoms with van der Waals surface area (Å²) in [7, 11) is 0. The Morgan fingerprint density at radius 2 is 1.79 bits per heavy atom. The Kier molecular flexibility index (Phi) is 3.10. The molecule has 1 fully saturated rings. The molecule has 0 aliphatic carbocycles. The molecule has 2 N–H and O–H groups in total. The van der Waals surface area contributed by atoms with Crippen molar-refractivity contribution in [1.82, 2.24) is 14.5 Å². The summed E-state index contributed by atoms with van der Waals surface area (Å²) in [6.07, 6.45) is -0.316. The molecule has 8 nitrogen and oxygen atoms in total. The molecule has 0 saturated carbocycles. The van der Waals surface area contributed by atoms with E-state index in [1.54, 1.807) is 0 Å². The Morgan fingerprint density at radius 3 is 2.56 bits per heavy atom. The second-order valence-corrected chi connectivity index (χ2v) is 9.80. The summed E-state index contributed by atoms with van der Waals surface area (Å²) in [5, 5.41) is 21.9. The van der Waals surface area contributed by atoms with E-state index in [2.05, 4.69) is 19.6 Å². The Bertz CT molecular complexity index is 1780. The molecule has 2 aromatic heterocycles. The number of hydrogen-bond acceptors (Lipinski definition) is 5. The molecule has 8 rings (SSSR count). The maximum absolute atomic E-state index is 13.2. The van der Waals surface area contributed by atoms with Crippen molar-refractivity contribution in [2.75, 3.05) is 6.54 Å². The molecule has 2 bridgehead atoms. The topological polar surface area (TPSA) is 97.8 Å². The number of rotatable bonds is 2. The summed E-state index contributed by atoms with van der Waals surface area (Å²) in [5.41, 5.74) is 2.60. The standard InChI is InChI=1S/C26H20N4O4/c1-25-26(32,12-28-33)10-18(34-25)29-16-8-4-2-6-13(16)20-21-15(11-27-24(21)31)19-14-7-3-5-9-17(14)30(25)23(19)22(20)29/h2-9,18,32H,10-12H2,1H3,(H,27,31). The number of hydrogen-bond donors (Lipinski definition) is 2. The van der Waals surface area contributed by atoms with Crippen molar-refractivity contribution in [1.29, 1.82) is 0 Å². The highest BCUT2D eigenvalue weighted by Crippen LogP contribution is 2.57. The summed E-state index contributed by atoms with van der Waals surface area (Å²) in [6, 6.07) is 16.0. The largest absolute Gasteiger partial charge is 0.383 e. The Labute approximate surface area is 192 Å². The summed E-state index contributed by atoms with van der Waals surface area (Å²) in [6.45, 7) is 2.01. The summed E-state index contributed by atoms with van der Waals surface area (Å²) >= 11 is 0. The zero-order valence-electron chi connectivity index (χ0n) is 18.3. The molecule has 5 heterocycles. The maximum atomic E-state index is 13.2. The van der Waals surface area contributed by atoms with Gasteiger partial charge in [0.2, 0.25) is 0 Å². The van der Waals surface area contributed by atoms with Gasteiger partial charge in [-0.25, -0.2) is 0 Å². The Hall–Kier alpha value is -3.75. The smallest absolute Gasteiger partial charge is 0.252 e. The minimum absolute atomic E-state index is 0.0696. The number of nitroso groups, excluding NO2 is 1. The van der Waals surface area contributed by atoms with E-state index < -0.39 is 17.6 Å². The van der Waals surface area contributed by atoms with Crippen molar-refractivity contribution >= 4 is 49.5 Å². The van der Waals surface area contributed by atoms with E-state index >= 15 is 0 Å². The van der Waals surface area contributed by atoms with Crippen LogP contribution >= 0.6 is 0 Å². The molecule has 3 unspecified atom stereocenters. The summed E-state index contributed by atoms with van der Waals surface area (Å²) in [4.78, 5) is 24.7. The number of ether oxygens (including phenoxy) is 1. The minimum atomic E-state index is -1.50. The highest BCUT2D eigenvalue weighted by atomic mass is 16.6. The number of amides is 1. The molecule has 5 aromatic rings. The van der Waals surface area contributed by atoms with Gasteiger partial charge < -0.3 is 24.3 Å². The second-order valence-electron chi connectivity index (χ2n) is 9.80. The molecule has 1 saturated heterocycles. The summed E-state index contributed by atoms with van der Waals surface area (Å²) < 4.78 is 10.9. The van der Waals surface area contributed by atoms with Crippen LogP contribution in [0, 0.1) is 4.91 Å². The van der Waals surface area contributed by atoms with Gasteiger partial charge in [0.05, 0.1) is 27.6 Å². The third-order valence-corrected chi connectivity index (χ3v) is 8.30. The lowest BCUT2D eigenvalue weighted by Gasteiger charge is -2.38. The first-order chi connectivity index (χ1) is 16.5. The first kappa shape index (κ1) is 18.7. The van der Waals surface area contributed by atoms with Gasteiger partial charge >= 0.3 is 0 Å². The van der Waals surface area contributed by atoms with E-state index in [0.717, 1.165) is 49.2 Å². The van der Waals surface area contributed by atoms with Gasteiger partial charge in [-0.15, -0.1) is 0 Å². The van der Waals surface area contributed by atoms with E-state index in [0.29, 0.717) is 12.1 Å². The molecule has 3 aliphatic heterocycles. The zero-order valence-corrected chi connectivity index (χ0v) is 18.3. The molecule has 3 aromatic carbocycles. The van der Waals surface area contributed by atoms with Crippen molar-refractivity contribution in [3.8, 4) is 0 Å². The SMILES string of the molecule is CC12OC(CC1(O)CN=O)n1c3ccccc3c3c4c(c5c6ccccc6n2c5c31)CNC4=O. The highest BCUT2D eigenvalue weighted by Gasteiger charge is 2.61. The number of carbonyl (C=O) groups excluding carboxylic acids is 1. The number of aromatic nitrogens is 2. The van der Waals surface area contributed by atoms with E-state index in [4.69, 9.17) is 4.74 Å². The molecule has 1 amide bonds. The fraction of sp³-hybridized carbons (Fsp3) is 0.269. The number of aliphatic hydroxyl groups is 1. The molecule has 0 radical (unpaired) electrons. The minimum Gasteiger partial charge on any atom is -0.383 e. The van der Waals surface area contributed by atoms with Crippen LogP contribution in [0.3, 0.4) is 0 Å². The lowest BCUT2D eigenvalue weighted by atomic mass is 9.89. The van der Waals surface area contributed by atoms with Gasteiger partial charge in [-0.2, -0.15) is 4.91 Å². The van der Waals surface area contributed by atoms with Crippen molar-refractivity contribution in [2.45, 2.75) is 37.4 Å². The van der Waals surface area contributed by atoms with Crippen molar-refractivity contribution in [3.63, 3.8) is 0 Å². The number of para-hydroxylation sites is 2. The fourth-order valence-corrected chi connectivity index (χ4v) is 6.84. The predicted molar refractivity (Wildman–Crippen MR) is 128 cm³/mol. The third-order valence-electron chi connectivity index (χ3n) is 8.30. The van der Waals surface area contributed by atoms with Gasteiger partial charge in [0, 0.05) is 34.5 Å². The highest BCUT2D eigenvalue weighted by molar-refractivity contribution is 6.31. The monoisotopic (exact) mass is 452 g/mol. The second kappa shape index (κ2) is 5.65. The lowest BCUT2D eigenvalue weighted by molar-refractivity contribution is -0.173. The number of nitrogens with one attached hydrogen (secondary N) is 1. The van der Waals surface area contributed by atoms with Gasteiger partial charge in [0.1, 0.15) is 18.4 Å². The van der Waals surface area contributed by atoms with Crippen LogP contribution < -0.4 is 5.32 Å². The first-order valence-electron chi connectivity index (χ1n) is 11.5. The van der Waals surface area contributed by atoms with Crippen molar-refractivity contribution in [3.05, 3.63) is 64.6 Å². The zero-order chi connectivity index (χ0) is 23.0. The molecule has 3 atom stereocenters. The van der Waals surface area contributed by atoms with Crippen LogP contribution in [0.1, 0.15) is 35.5 Å².